The molecule has 2 aliphatic heterocycles. The van der Waals surface area contributed by atoms with Crippen molar-refractivity contribution in [3.63, 3.8) is 0 Å². The molecule has 0 aromatic rings. The van der Waals surface area contributed by atoms with Gasteiger partial charge < -0.3 is 93.9 Å². The summed E-state index contributed by atoms with van der Waals surface area (Å²) < 4.78 is 85.9. The zero-order valence-electron chi connectivity index (χ0n) is 25.9. The number of ether oxygens (including phenoxy) is 4. The van der Waals surface area contributed by atoms with Crippen molar-refractivity contribution < 1.29 is 105 Å². The molecular formula is C21H49N5O22S2. The lowest BCUT2D eigenvalue weighted by Gasteiger charge is -2.48. The molecule has 3 fully saturated rings. The number of aliphatic hydroxyl groups is 7. The fourth-order valence-corrected chi connectivity index (χ4v) is 4.84. The Hall–Kier alpha value is -1.47. The second-order valence-corrected chi connectivity index (χ2v) is 12.5. The molecule has 3 rings (SSSR count). The maximum Gasteiger partial charge on any atom is 0.394 e. The summed E-state index contributed by atoms with van der Waals surface area (Å²) in [6.45, 7) is -0.764. The van der Waals surface area contributed by atoms with E-state index in [0.29, 0.717) is 0 Å². The Labute approximate surface area is 284 Å². The van der Waals surface area contributed by atoms with Crippen LogP contribution in [0.2, 0.25) is 0 Å². The van der Waals surface area contributed by atoms with Crippen molar-refractivity contribution in [1.29, 1.82) is 0 Å². The van der Waals surface area contributed by atoms with Gasteiger partial charge in [-0.25, -0.2) is 0 Å². The molecule has 1 aliphatic carbocycles. The van der Waals surface area contributed by atoms with E-state index in [1.165, 1.54) is 0 Å². The van der Waals surface area contributed by atoms with Crippen LogP contribution in [0.25, 0.3) is 0 Å². The van der Waals surface area contributed by atoms with E-state index in [-0.39, 0.29) is 36.9 Å². The molecule has 302 valence electrons. The van der Waals surface area contributed by atoms with Gasteiger partial charge in [-0.15, -0.1) is 0 Å². The highest BCUT2D eigenvalue weighted by Crippen LogP contribution is 2.32. The molecule has 1 saturated carbocycles. The molecule has 24 N–H and O–H groups in total. The van der Waals surface area contributed by atoms with E-state index in [2.05, 4.69) is 5.32 Å². The van der Waals surface area contributed by atoms with Crippen LogP contribution in [-0.2, 0) is 44.5 Å². The van der Waals surface area contributed by atoms with Crippen molar-refractivity contribution in [1.82, 2.24) is 5.32 Å². The largest absolute Gasteiger partial charge is 0.412 e. The number of hydrogen-bond acceptors (Lipinski definition) is 20. The number of carbonyl (C=O) groups is 1. The smallest absolute Gasteiger partial charge is 0.394 e. The van der Waals surface area contributed by atoms with Gasteiger partial charge in [0.2, 0.25) is 5.91 Å². The maximum atomic E-state index is 12.4. The number of aliphatic hydroxyl groups excluding tert-OH is 7. The summed E-state index contributed by atoms with van der Waals surface area (Å²) in [6.07, 6.45) is -16.9. The summed E-state index contributed by atoms with van der Waals surface area (Å²) in [5.74, 6) is -0.807. The first-order valence-corrected chi connectivity index (χ1v) is 16.7. The predicted octanol–water partition coefficient (Wildman–Crippen LogP) is -10.7. The van der Waals surface area contributed by atoms with E-state index in [4.69, 9.17) is 76.9 Å². The second kappa shape index (κ2) is 21.9. The Kier molecular flexibility index (Phi) is 22.2. The van der Waals surface area contributed by atoms with Crippen molar-refractivity contribution in [2.24, 2.45) is 22.9 Å². The van der Waals surface area contributed by atoms with Crippen LogP contribution in [0.4, 0.5) is 0 Å². The standard InChI is InChI=1S/C21H41N5O12.2H2O4S.2H2O/c22-2-1-8(28)19(34)26-7-3-6(24)17(37-20-11(25)15(32)13(30)9(4-23)35-20)18(12(7)29)38-21-16(33)14(31)10(5-27)36-21;2*1-5(2,3)4;;/h6-18,20-21,27-33H,1-5,22-25H2,(H,26,34);2*(H2,1,2,3,4);2*1H2/t6-,7+,8-,9+,10+,11+,12-,13+,14?,15+,16+,17+,18+,20+,21-;;;;/m0..../s1. The highest BCUT2D eigenvalue weighted by molar-refractivity contribution is 7.80. The molecule has 2 saturated heterocycles. The van der Waals surface area contributed by atoms with Crippen LogP contribution in [0.3, 0.4) is 0 Å². The van der Waals surface area contributed by atoms with E-state index in [0.717, 1.165) is 0 Å². The van der Waals surface area contributed by atoms with Crippen LogP contribution in [0.15, 0.2) is 0 Å². The third-order valence-corrected chi connectivity index (χ3v) is 7.15. The van der Waals surface area contributed by atoms with Crippen molar-refractivity contribution in [3.05, 3.63) is 0 Å². The molecule has 0 radical (unpaired) electrons. The van der Waals surface area contributed by atoms with Crippen LogP contribution < -0.4 is 28.3 Å². The third-order valence-electron chi connectivity index (χ3n) is 7.15. The predicted molar refractivity (Wildman–Crippen MR) is 161 cm³/mol. The first-order valence-electron chi connectivity index (χ1n) is 13.9. The molecule has 15 atom stereocenters. The second-order valence-electron chi connectivity index (χ2n) is 10.7. The zero-order valence-corrected chi connectivity index (χ0v) is 27.5. The molecule has 0 bridgehead atoms. The minimum Gasteiger partial charge on any atom is -0.412 e. The van der Waals surface area contributed by atoms with E-state index >= 15 is 0 Å². The van der Waals surface area contributed by atoms with Crippen molar-refractivity contribution >= 4 is 26.7 Å². The number of amides is 1. The maximum absolute atomic E-state index is 12.4. The third kappa shape index (κ3) is 16.0. The van der Waals surface area contributed by atoms with Crippen LogP contribution in [-0.4, -0.2) is 199 Å². The molecule has 3 aliphatic rings. The molecule has 1 amide bonds. The van der Waals surface area contributed by atoms with E-state index < -0.39 is 125 Å². The number of hydrogen-bond donors (Lipinski definition) is 16. The summed E-state index contributed by atoms with van der Waals surface area (Å²) in [5, 5.41) is 74.0. The minimum atomic E-state index is -4.67. The normalized spacial score (nSPS) is 37.7. The number of rotatable bonds is 10. The topological polar surface area (TPSA) is 524 Å². The number of carbonyl (C=O) groups excluding carboxylic acids is 1. The van der Waals surface area contributed by atoms with E-state index in [1.807, 2.05) is 0 Å². The molecule has 29 heteroatoms. The number of nitrogens with one attached hydrogen (secondary N) is 1. The SMILES string of the molecule is NCC[C@H](O)C(=O)N[C@@H]1C[C@H](N)[C@@H](O[C@H]2O[C@H](CN)[C@@H](O)[C@H](O)[C@H]2N)[C@H](O[C@@H]2O[C@H](CO)C(O)[C@H]2O)[C@H]1O.O.O.O=S(=O)(O)O.O=S(=O)(O)O. The van der Waals surface area contributed by atoms with Gasteiger partial charge in [0, 0.05) is 12.6 Å². The van der Waals surface area contributed by atoms with Crippen LogP contribution in [0.5, 0.6) is 0 Å². The molecule has 27 nitrogen and oxygen atoms in total. The van der Waals surface area contributed by atoms with Gasteiger partial charge in [0.05, 0.1) is 18.7 Å². The zero-order chi connectivity index (χ0) is 37.3. The summed E-state index contributed by atoms with van der Waals surface area (Å²) in [4.78, 5) is 12.4. The summed E-state index contributed by atoms with van der Waals surface area (Å²) in [7, 11) is -9.33. The lowest BCUT2D eigenvalue weighted by Crippen LogP contribution is -2.69. The molecule has 50 heavy (non-hydrogen) atoms. The Morgan fingerprint density at radius 2 is 1.24 bits per heavy atom. The monoisotopic (exact) mass is 787 g/mol. The van der Waals surface area contributed by atoms with Gasteiger partial charge in [0.25, 0.3) is 0 Å². The average molecular weight is 788 g/mol. The fraction of sp³-hybridized carbons (Fsp3) is 0.952. The quantitative estimate of drug-likeness (QED) is 0.0914. The van der Waals surface area contributed by atoms with Gasteiger partial charge in [-0.3, -0.25) is 23.0 Å². The molecule has 0 spiro atoms. The van der Waals surface area contributed by atoms with Crippen LogP contribution in [0.1, 0.15) is 12.8 Å². The Bertz CT molecular complexity index is 1160. The van der Waals surface area contributed by atoms with Crippen molar-refractivity contribution in [2.75, 3.05) is 19.7 Å². The van der Waals surface area contributed by atoms with E-state index in [1.54, 1.807) is 0 Å². The Morgan fingerprint density at radius 1 is 0.780 bits per heavy atom. The van der Waals surface area contributed by atoms with Gasteiger partial charge in [-0.05, 0) is 19.4 Å². The average Bonchev–Trinajstić information content (AvgIpc) is 3.23. The summed E-state index contributed by atoms with van der Waals surface area (Å²) in [5.41, 5.74) is 23.3. The van der Waals surface area contributed by atoms with Gasteiger partial charge in [-0.1, -0.05) is 0 Å². The van der Waals surface area contributed by atoms with Crippen LogP contribution >= 0.6 is 0 Å². The summed E-state index contributed by atoms with van der Waals surface area (Å²) in [6, 6.07) is -3.29. The first-order chi connectivity index (χ1) is 21.9. The first kappa shape index (κ1) is 50.6. The Morgan fingerprint density at radius 3 is 1.68 bits per heavy atom. The summed E-state index contributed by atoms with van der Waals surface area (Å²) >= 11 is 0. The highest BCUT2D eigenvalue weighted by Gasteiger charge is 2.53. The lowest BCUT2D eigenvalue weighted by molar-refractivity contribution is -0.307. The molecule has 2 heterocycles. The van der Waals surface area contributed by atoms with Gasteiger partial charge in [-0.2, -0.15) is 16.8 Å². The lowest BCUT2D eigenvalue weighted by atomic mass is 9.83. The van der Waals surface area contributed by atoms with Gasteiger partial charge in [0.1, 0.15) is 61.0 Å². The van der Waals surface area contributed by atoms with Crippen LogP contribution in [0, 0.1) is 0 Å². The van der Waals surface area contributed by atoms with Gasteiger partial charge >= 0.3 is 20.8 Å². The Balaban J connectivity index is 0. The van der Waals surface area contributed by atoms with Crippen molar-refractivity contribution in [3.8, 4) is 0 Å². The fourth-order valence-electron chi connectivity index (χ4n) is 4.84. The molecular weight excluding hydrogens is 738 g/mol. The molecule has 0 aromatic heterocycles. The van der Waals surface area contributed by atoms with E-state index in [9.17, 15) is 40.5 Å². The minimum absolute atomic E-state index is 0. The number of nitrogens with two attached hydrogens (primary N) is 4. The molecule has 0 aromatic carbocycles. The highest BCUT2D eigenvalue weighted by atomic mass is 32.3. The van der Waals surface area contributed by atoms with Crippen molar-refractivity contribution in [2.45, 2.75) is 105 Å². The molecule has 1 unspecified atom stereocenters. The van der Waals surface area contributed by atoms with Gasteiger partial charge in [0.15, 0.2) is 12.6 Å².